The van der Waals surface area contributed by atoms with E-state index in [4.69, 9.17) is 5.73 Å². The number of nitrogens with zero attached hydrogens (tertiary/aromatic N) is 2. The molecular weight excluding hydrogens is 238 g/mol. The van der Waals surface area contributed by atoms with E-state index in [0.29, 0.717) is 17.3 Å². The second-order valence-electron chi connectivity index (χ2n) is 4.19. The van der Waals surface area contributed by atoms with Gasteiger partial charge in [0.1, 0.15) is 12.0 Å². The number of hydrogen-bond acceptors (Lipinski definition) is 5. The van der Waals surface area contributed by atoms with Gasteiger partial charge in [0, 0.05) is 12.2 Å². The lowest BCUT2D eigenvalue weighted by molar-refractivity contribution is 1.11. The van der Waals surface area contributed by atoms with Crippen LogP contribution in [0.1, 0.15) is 19.4 Å². The topological polar surface area (TPSA) is 75.9 Å². The van der Waals surface area contributed by atoms with Crippen LogP contribution >= 0.6 is 0 Å². The molecule has 2 aromatic rings. The van der Waals surface area contributed by atoms with E-state index in [1.165, 1.54) is 11.9 Å². The predicted molar refractivity (Wildman–Crippen MR) is 79.7 cm³/mol. The van der Waals surface area contributed by atoms with Gasteiger partial charge in [-0.2, -0.15) is 0 Å². The summed E-state index contributed by atoms with van der Waals surface area (Å²) < 4.78 is 0. The first-order valence-electron chi connectivity index (χ1n) is 6.44. The van der Waals surface area contributed by atoms with E-state index in [1.54, 1.807) is 0 Å². The van der Waals surface area contributed by atoms with E-state index in [1.807, 2.05) is 19.1 Å². The molecule has 1 heterocycles. The van der Waals surface area contributed by atoms with Crippen LogP contribution in [-0.4, -0.2) is 16.5 Å². The maximum atomic E-state index is 6.02. The van der Waals surface area contributed by atoms with Crippen LogP contribution in [-0.2, 0) is 6.42 Å². The molecule has 100 valence electrons. The molecule has 0 fully saturated rings. The summed E-state index contributed by atoms with van der Waals surface area (Å²) in [6, 6.07) is 8.22. The van der Waals surface area contributed by atoms with Gasteiger partial charge in [-0.15, -0.1) is 0 Å². The van der Waals surface area contributed by atoms with Crippen LogP contribution in [0.5, 0.6) is 0 Å². The highest BCUT2D eigenvalue weighted by Gasteiger charge is 2.07. The summed E-state index contributed by atoms with van der Waals surface area (Å²) >= 11 is 0. The summed E-state index contributed by atoms with van der Waals surface area (Å²) in [5.74, 6) is 1.28. The summed E-state index contributed by atoms with van der Waals surface area (Å²) in [5, 5.41) is 6.31. The first kappa shape index (κ1) is 13.1. The van der Waals surface area contributed by atoms with Crippen LogP contribution in [0.2, 0.25) is 0 Å². The number of hydrogen-bond donors (Lipinski definition) is 3. The lowest BCUT2D eigenvalue weighted by atomic mass is 10.1. The molecule has 19 heavy (non-hydrogen) atoms. The van der Waals surface area contributed by atoms with E-state index >= 15 is 0 Å². The van der Waals surface area contributed by atoms with Gasteiger partial charge >= 0.3 is 0 Å². The highest BCUT2D eigenvalue weighted by Crippen LogP contribution is 2.25. The van der Waals surface area contributed by atoms with Crippen molar-refractivity contribution in [2.75, 3.05) is 22.9 Å². The van der Waals surface area contributed by atoms with E-state index < -0.39 is 0 Å². The van der Waals surface area contributed by atoms with Crippen molar-refractivity contribution in [2.45, 2.75) is 20.3 Å². The highest BCUT2D eigenvalue weighted by atomic mass is 15.1. The average Bonchev–Trinajstić information content (AvgIpc) is 2.44. The molecule has 0 radical (unpaired) electrons. The fourth-order valence-electron chi connectivity index (χ4n) is 1.76. The maximum Gasteiger partial charge on any atom is 0.159 e. The first-order chi connectivity index (χ1) is 9.24. The first-order valence-corrected chi connectivity index (χ1v) is 6.44. The minimum Gasteiger partial charge on any atom is -0.393 e. The number of nitrogens with one attached hydrogen (secondary N) is 2. The quantitative estimate of drug-likeness (QED) is 0.768. The maximum absolute atomic E-state index is 6.02. The Labute approximate surface area is 113 Å². The van der Waals surface area contributed by atoms with Crippen LogP contribution in [0.15, 0.2) is 30.6 Å². The standard InChI is InChI=1S/C14H19N5/c1-3-10-5-7-11(8-6-10)19-14-12(15)13(16-4-2)17-9-18-14/h5-9H,3-4,15H2,1-2H3,(H2,16,17,18,19). The molecule has 4 N–H and O–H groups in total. The SMILES string of the molecule is CCNc1ncnc(Nc2ccc(CC)cc2)c1N. The van der Waals surface area contributed by atoms with Crippen LogP contribution < -0.4 is 16.4 Å². The molecule has 1 aromatic carbocycles. The molecule has 0 amide bonds. The van der Waals surface area contributed by atoms with Crippen molar-refractivity contribution in [1.82, 2.24) is 9.97 Å². The summed E-state index contributed by atoms with van der Waals surface area (Å²) in [6.07, 6.45) is 2.53. The molecule has 2 rings (SSSR count). The Bertz CT molecular complexity index is 536. The fourth-order valence-corrected chi connectivity index (χ4v) is 1.76. The molecule has 0 spiro atoms. The summed E-state index contributed by atoms with van der Waals surface area (Å²) in [7, 11) is 0. The minimum atomic E-state index is 0.531. The Hall–Kier alpha value is -2.30. The van der Waals surface area contributed by atoms with Crippen molar-refractivity contribution in [3.63, 3.8) is 0 Å². The number of anilines is 4. The van der Waals surface area contributed by atoms with Crippen molar-refractivity contribution in [3.05, 3.63) is 36.2 Å². The number of aryl methyl sites for hydroxylation is 1. The lowest BCUT2D eigenvalue weighted by Crippen LogP contribution is -2.07. The zero-order chi connectivity index (χ0) is 13.7. The number of rotatable bonds is 5. The van der Waals surface area contributed by atoms with E-state index in [0.717, 1.165) is 18.7 Å². The van der Waals surface area contributed by atoms with E-state index in [2.05, 4.69) is 39.7 Å². The number of benzene rings is 1. The normalized spacial score (nSPS) is 10.2. The number of nitrogens with two attached hydrogens (primary N) is 1. The van der Waals surface area contributed by atoms with Crippen molar-refractivity contribution in [2.24, 2.45) is 0 Å². The summed E-state index contributed by atoms with van der Waals surface area (Å²) in [5.41, 5.74) is 8.82. The van der Waals surface area contributed by atoms with Gasteiger partial charge in [-0.25, -0.2) is 9.97 Å². The summed E-state index contributed by atoms with van der Waals surface area (Å²) in [4.78, 5) is 8.28. The Kier molecular flexibility index (Phi) is 4.18. The van der Waals surface area contributed by atoms with Gasteiger partial charge in [0.05, 0.1) is 0 Å². The third-order valence-corrected chi connectivity index (χ3v) is 2.85. The minimum absolute atomic E-state index is 0.531. The molecule has 0 saturated heterocycles. The Balaban J connectivity index is 2.20. The molecule has 0 aliphatic rings. The zero-order valence-corrected chi connectivity index (χ0v) is 11.3. The van der Waals surface area contributed by atoms with Gasteiger partial charge in [0.2, 0.25) is 0 Å². The van der Waals surface area contributed by atoms with Crippen molar-refractivity contribution >= 4 is 23.0 Å². The zero-order valence-electron chi connectivity index (χ0n) is 11.3. The number of nitrogen functional groups attached to an aromatic ring is 1. The third kappa shape index (κ3) is 3.13. The van der Waals surface area contributed by atoms with Gasteiger partial charge in [0.25, 0.3) is 0 Å². The highest BCUT2D eigenvalue weighted by molar-refractivity contribution is 5.77. The smallest absolute Gasteiger partial charge is 0.159 e. The largest absolute Gasteiger partial charge is 0.393 e. The lowest BCUT2D eigenvalue weighted by Gasteiger charge is -2.11. The Morgan fingerprint density at radius 1 is 1.05 bits per heavy atom. The molecule has 5 heteroatoms. The van der Waals surface area contributed by atoms with Gasteiger partial charge in [-0.05, 0) is 31.0 Å². The molecule has 0 atom stereocenters. The predicted octanol–water partition coefficient (Wildman–Crippen LogP) is 2.80. The monoisotopic (exact) mass is 257 g/mol. The summed E-state index contributed by atoms with van der Waals surface area (Å²) in [6.45, 7) is 4.90. The van der Waals surface area contributed by atoms with Gasteiger partial charge in [0.15, 0.2) is 11.6 Å². The molecule has 1 aromatic heterocycles. The molecule has 5 nitrogen and oxygen atoms in total. The van der Waals surface area contributed by atoms with E-state index in [9.17, 15) is 0 Å². The van der Waals surface area contributed by atoms with Crippen molar-refractivity contribution in [3.8, 4) is 0 Å². The van der Waals surface area contributed by atoms with Crippen LogP contribution in [0.4, 0.5) is 23.0 Å². The second kappa shape index (κ2) is 6.04. The Morgan fingerprint density at radius 2 is 1.74 bits per heavy atom. The molecule has 0 aliphatic heterocycles. The van der Waals surface area contributed by atoms with Crippen LogP contribution in [0.25, 0.3) is 0 Å². The molecule has 0 unspecified atom stereocenters. The number of aromatic nitrogens is 2. The van der Waals surface area contributed by atoms with Crippen LogP contribution in [0, 0.1) is 0 Å². The molecule has 0 bridgehead atoms. The second-order valence-corrected chi connectivity index (χ2v) is 4.19. The van der Waals surface area contributed by atoms with Crippen LogP contribution in [0.3, 0.4) is 0 Å². The van der Waals surface area contributed by atoms with Crippen molar-refractivity contribution < 1.29 is 0 Å². The Morgan fingerprint density at radius 3 is 2.37 bits per heavy atom. The molecule has 0 saturated carbocycles. The van der Waals surface area contributed by atoms with E-state index in [-0.39, 0.29) is 0 Å². The fraction of sp³-hybridized carbons (Fsp3) is 0.286. The van der Waals surface area contributed by atoms with Crippen molar-refractivity contribution in [1.29, 1.82) is 0 Å². The average molecular weight is 257 g/mol. The van der Waals surface area contributed by atoms with Gasteiger partial charge in [-0.3, -0.25) is 0 Å². The molecular formula is C14H19N5. The molecule has 0 aliphatic carbocycles. The van der Waals surface area contributed by atoms with Gasteiger partial charge < -0.3 is 16.4 Å². The third-order valence-electron chi connectivity index (χ3n) is 2.85. The van der Waals surface area contributed by atoms with Gasteiger partial charge in [-0.1, -0.05) is 19.1 Å².